The topological polar surface area (TPSA) is 74.0 Å². The van der Waals surface area contributed by atoms with Gasteiger partial charge in [-0.05, 0) is 77.6 Å². The maximum atomic E-state index is 10.8. The molecule has 0 aromatic heterocycles. The zero-order valence-corrected chi connectivity index (χ0v) is 17.7. The predicted molar refractivity (Wildman–Crippen MR) is 120 cm³/mol. The molecule has 1 saturated carbocycles. The van der Waals surface area contributed by atoms with Gasteiger partial charge >= 0.3 is 0 Å². The maximum absolute atomic E-state index is 10.8. The molecule has 2 atom stereocenters. The Morgan fingerprint density at radius 1 is 1.06 bits per heavy atom. The van der Waals surface area contributed by atoms with Crippen molar-refractivity contribution in [3.63, 3.8) is 0 Å². The number of halogens is 1. The number of benzene rings is 3. The second-order valence-corrected chi connectivity index (χ2v) is 7.84. The molecule has 1 aliphatic carbocycles. The van der Waals surface area contributed by atoms with Gasteiger partial charge in [0.2, 0.25) is 0 Å². The molecule has 31 heavy (non-hydrogen) atoms. The molecule has 0 radical (unpaired) electrons. The van der Waals surface area contributed by atoms with E-state index in [0.717, 1.165) is 34.0 Å². The Labute approximate surface area is 185 Å². The molecule has 0 spiro atoms. The molecule has 0 saturated heterocycles. The fourth-order valence-electron chi connectivity index (χ4n) is 3.56. The van der Waals surface area contributed by atoms with Crippen LogP contribution in [-0.4, -0.2) is 17.7 Å². The van der Waals surface area contributed by atoms with Crippen molar-refractivity contribution in [3.05, 3.63) is 105 Å². The maximum Gasteiger partial charge on any atom is 0.269 e. The van der Waals surface area contributed by atoms with Crippen molar-refractivity contribution < 1.29 is 14.5 Å². The van der Waals surface area contributed by atoms with Gasteiger partial charge in [0.05, 0.1) is 17.7 Å². The van der Waals surface area contributed by atoms with Gasteiger partial charge in [0, 0.05) is 23.1 Å². The average molecular weight is 437 g/mol. The molecule has 1 fully saturated rings. The highest BCUT2D eigenvalue weighted by molar-refractivity contribution is 6.30. The van der Waals surface area contributed by atoms with Crippen LogP contribution >= 0.6 is 11.6 Å². The molecule has 158 valence electrons. The van der Waals surface area contributed by atoms with Gasteiger partial charge in [-0.2, -0.15) is 0 Å². The third-order valence-electron chi connectivity index (χ3n) is 5.37. The average Bonchev–Trinajstić information content (AvgIpc) is 3.58. The Balaban J connectivity index is 1.52. The van der Waals surface area contributed by atoms with Gasteiger partial charge in [-0.3, -0.25) is 10.1 Å². The lowest BCUT2D eigenvalue weighted by atomic mass is 10.0. The van der Waals surface area contributed by atoms with Crippen LogP contribution in [-0.2, 0) is 11.4 Å². The molecular weight excluding hydrogens is 416 g/mol. The number of hydrogen-bond donors (Lipinski definition) is 0. The van der Waals surface area contributed by atoms with Crippen molar-refractivity contribution in [1.82, 2.24) is 0 Å². The number of nitro groups is 1. The molecule has 7 heteroatoms. The van der Waals surface area contributed by atoms with E-state index in [1.807, 2.05) is 36.4 Å². The van der Waals surface area contributed by atoms with Crippen LogP contribution in [0, 0.1) is 16.0 Å². The fourth-order valence-corrected chi connectivity index (χ4v) is 3.69. The Bertz CT molecular complexity index is 1080. The van der Waals surface area contributed by atoms with E-state index in [1.54, 1.807) is 19.2 Å². The molecule has 6 nitrogen and oxygen atoms in total. The fraction of sp³-hybridized carbons (Fsp3) is 0.208. The zero-order chi connectivity index (χ0) is 21.8. The summed E-state index contributed by atoms with van der Waals surface area (Å²) in [5.41, 5.74) is 3.95. The Morgan fingerprint density at radius 3 is 2.35 bits per heavy atom. The lowest BCUT2D eigenvalue weighted by Gasteiger charge is -2.09. The van der Waals surface area contributed by atoms with Gasteiger partial charge in [0.1, 0.15) is 12.4 Å². The Morgan fingerprint density at radius 2 is 1.74 bits per heavy atom. The number of ether oxygens (including phenoxy) is 1. The van der Waals surface area contributed by atoms with Gasteiger partial charge in [-0.25, -0.2) is 0 Å². The second kappa shape index (κ2) is 9.18. The summed E-state index contributed by atoms with van der Waals surface area (Å²) in [5, 5.41) is 16.0. The van der Waals surface area contributed by atoms with Crippen LogP contribution in [0.25, 0.3) is 0 Å². The zero-order valence-electron chi connectivity index (χ0n) is 16.9. The molecule has 3 aromatic rings. The number of oxime groups is 1. The summed E-state index contributed by atoms with van der Waals surface area (Å²) < 4.78 is 5.26. The monoisotopic (exact) mass is 436 g/mol. The molecule has 4 rings (SSSR count). The van der Waals surface area contributed by atoms with E-state index >= 15 is 0 Å². The Hall–Kier alpha value is -3.38. The van der Waals surface area contributed by atoms with Crippen molar-refractivity contribution in [2.45, 2.75) is 18.9 Å². The first kappa shape index (κ1) is 20.9. The largest absolute Gasteiger partial charge is 0.497 e. The summed E-state index contributed by atoms with van der Waals surface area (Å²) >= 11 is 6.02. The third-order valence-corrected chi connectivity index (χ3v) is 5.62. The van der Waals surface area contributed by atoms with E-state index in [1.165, 1.54) is 17.7 Å². The second-order valence-electron chi connectivity index (χ2n) is 7.40. The lowest BCUT2D eigenvalue weighted by molar-refractivity contribution is -0.384. The lowest BCUT2D eigenvalue weighted by Crippen LogP contribution is -2.07. The minimum absolute atomic E-state index is 0.0509. The van der Waals surface area contributed by atoms with Gasteiger partial charge in [-0.1, -0.05) is 28.9 Å². The number of rotatable bonds is 8. The normalized spacial score (nSPS) is 17.8. The van der Waals surface area contributed by atoms with Gasteiger partial charge in [-0.15, -0.1) is 0 Å². The number of non-ortho nitro benzene ring substituents is 1. The number of hydrogen-bond acceptors (Lipinski definition) is 5. The molecule has 3 aromatic carbocycles. The van der Waals surface area contributed by atoms with Crippen molar-refractivity contribution in [2.75, 3.05) is 7.11 Å². The summed E-state index contributed by atoms with van der Waals surface area (Å²) in [5.74, 6) is 1.38. The van der Waals surface area contributed by atoms with E-state index in [4.69, 9.17) is 21.2 Å². The Kier molecular flexibility index (Phi) is 6.18. The van der Waals surface area contributed by atoms with E-state index in [0.29, 0.717) is 5.92 Å². The third kappa shape index (κ3) is 5.03. The first-order valence-electron chi connectivity index (χ1n) is 9.88. The van der Waals surface area contributed by atoms with E-state index in [-0.39, 0.29) is 18.2 Å². The molecule has 0 amide bonds. The number of methoxy groups -OCH3 is 1. The number of nitrogens with zero attached hydrogens (tertiary/aromatic N) is 2. The minimum Gasteiger partial charge on any atom is -0.497 e. The van der Waals surface area contributed by atoms with Crippen molar-refractivity contribution in [1.29, 1.82) is 0 Å². The van der Waals surface area contributed by atoms with Gasteiger partial charge in [0.25, 0.3) is 5.69 Å². The van der Waals surface area contributed by atoms with Crippen molar-refractivity contribution >= 4 is 23.0 Å². The highest BCUT2D eigenvalue weighted by atomic mass is 35.5. The van der Waals surface area contributed by atoms with E-state index in [9.17, 15) is 10.1 Å². The molecule has 0 aliphatic heterocycles. The molecule has 0 heterocycles. The van der Waals surface area contributed by atoms with Crippen LogP contribution in [0.3, 0.4) is 0 Å². The molecule has 0 N–H and O–H groups in total. The summed E-state index contributed by atoms with van der Waals surface area (Å²) in [6, 6.07) is 21.9. The van der Waals surface area contributed by atoms with Crippen LogP contribution in [0.5, 0.6) is 5.75 Å². The van der Waals surface area contributed by atoms with Crippen LogP contribution in [0.2, 0.25) is 5.02 Å². The predicted octanol–water partition coefficient (Wildman–Crippen LogP) is 5.98. The SMILES string of the molecule is COc1ccc(/C(=N\OCc2ccc([N+](=O)[O-])cc2)C2CC2c2ccc(Cl)cc2)cc1. The molecule has 0 bridgehead atoms. The standard InChI is InChI=1S/C24H21ClN2O4/c1-30-21-12-6-18(7-13-21)24(23-14-22(23)17-4-8-19(25)9-5-17)26-31-15-16-2-10-20(11-3-16)27(28)29/h2-13,22-23H,14-15H2,1H3/b26-24+. The first-order chi connectivity index (χ1) is 15.0. The highest BCUT2D eigenvalue weighted by Gasteiger charge is 2.43. The minimum atomic E-state index is -0.422. The summed E-state index contributed by atoms with van der Waals surface area (Å²) in [6.07, 6.45) is 0.980. The van der Waals surface area contributed by atoms with E-state index < -0.39 is 4.92 Å². The first-order valence-corrected chi connectivity index (χ1v) is 10.3. The van der Waals surface area contributed by atoms with Crippen molar-refractivity contribution in [3.8, 4) is 5.75 Å². The van der Waals surface area contributed by atoms with Crippen LogP contribution in [0.15, 0.2) is 78.0 Å². The highest BCUT2D eigenvalue weighted by Crippen LogP contribution is 2.49. The van der Waals surface area contributed by atoms with Crippen molar-refractivity contribution in [2.24, 2.45) is 11.1 Å². The summed E-state index contributed by atoms with van der Waals surface area (Å²) in [7, 11) is 1.63. The summed E-state index contributed by atoms with van der Waals surface area (Å²) in [4.78, 5) is 16.0. The number of nitro benzene ring substituents is 1. The summed E-state index contributed by atoms with van der Waals surface area (Å²) in [6.45, 7) is 0.232. The van der Waals surface area contributed by atoms with Crippen LogP contribution in [0.1, 0.15) is 29.0 Å². The van der Waals surface area contributed by atoms with Crippen LogP contribution < -0.4 is 4.74 Å². The van der Waals surface area contributed by atoms with Gasteiger partial charge in [0.15, 0.2) is 0 Å². The van der Waals surface area contributed by atoms with Gasteiger partial charge < -0.3 is 9.57 Å². The van der Waals surface area contributed by atoms with Crippen LogP contribution in [0.4, 0.5) is 5.69 Å². The smallest absolute Gasteiger partial charge is 0.269 e. The molecule has 1 aliphatic rings. The van der Waals surface area contributed by atoms with E-state index in [2.05, 4.69) is 17.3 Å². The molecule has 2 unspecified atom stereocenters. The quantitative estimate of drug-likeness (QED) is 0.247. The molecular formula is C24H21ClN2O4.